The van der Waals surface area contributed by atoms with Gasteiger partial charge in [0.15, 0.2) is 11.5 Å². The molecule has 1 aliphatic rings. The van der Waals surface area contributed by atoms with Crippen molar-refractivity contribution < 1.29 is 9.47 Å². The molecule has 3 aromatic rings. The van der Waals surface area contributed by atoms with E-state index in [1.807, 2.05) is 0 Å². The summed E-state index contributed by atoms with van der Waals surface area (Å²) in [6.45, 7) is 6.73. The van der Waals surface area contributed by atoms with Crippen LogP contribution in [-0.2, 0) is 18.4 Å². The van der Waals surface area contributed by atoms with Crippen LogP contribution in [0.5, 0.6) is 11.5 Å². The molecule has 0 saturated heterocycles. The molecular weight excluding hydrogens is 454 g/mol. The van der Waals surface area contributed by atoms with Crippen LogP contribution in [0.2, 0.25) is 0 Å². The van der Waals surface area contributed by atoms with Gasteiger partial charge < -0.3 is 9.47 Å². The summed E-state index contributed by atoms with van der Waals surface area (Å²) in [6, 6.07) is 27.1. The highest BCUT2D eigenvalue weighted by Crippen LogP contribution is 2.41. The van der Waals surface area contributed by atoms with E-state index in [2.05, 4.69) is 91.5 Å². The van der Waals surface area contributed by atoms with Gasteiger partial charge in [0.05, 0.1) is 14.2 Å². The predicted octanol–water partition coefficient (Wildman–Crippen LogP) is 7.44. The molecule has 0 aliphatic carbocycles. The molecule has 188 valence electrons. The maximum Gasteiger partial charge on any atom is 0.161 e. The van der Waals surface area contributed by atoms with Crippen molar-refractivity contribution in [2.45, 2.75) is 64.0 Å². The van der Waals surface area contributed by atoms with Crippen LogP contribution in [0.25, 0.3) is 0 Å². The molecule has 35 heavy (non-hydrogen) atoms. The number of halogens is 1. The summed E-state index contributed by atoms with van der Waals surface area (Å²) >= 11 is 0. The zero-order chi connectivity index (χ0) is 24.0. The van der Waals surface area contributed by atoms with Crippen molar-refractivity contribution in [1.82, 2.24) is 4.90 Å². The highest BCUT2D eigenvalue weighted by atomic mass is 35.5. The summed E-state index contributed by atoms with van der Waals surface area (Å²) in [5.41, 5.74) is 5.69. The molecule has 0 bridgehead atoms. The molecule has 0 spiro atoms. The maximum atomic E-state index is 5.57. The van der Waals surface area contributed by atoms with Crippen LogP contribution in [0.4, 0.5) is 0 Å². The predicted molar refractivity (Wildman–Crippen MR) is 148 cm³/mol. The first-order chi connectivity index (χ1) is 16.6. The number of ether oxygens (including phenoxy) is 2. The third kappa shape index (κ3) is 5.85. The van der Waals surface area contributed by atoms with Crippen molar-refractivity contribution in [3.05, 3.63) is 95.1 Å². The van der Waals surface area contributed by atoms with E-state index in [0.29, 0.717) is 6.04 Å². The van der Waals surface area contributed by atoms with Gasteiger partial charge in [-0.1, -0.05) is 74.0 Å². The number of fused-ring (bicyclic) bond motifs is 1. The highest BCUT2D eigenvalue weighted by Gasteiger charge is 2.33. The van der Waals surface area contributed by atoms with Crippen LogP contribution < -0.4 is 9.47 Å². The normalized spacial score (nSPS) is 15.7. The van der Waals surface area contributed by atoms with Crippen LogP contribution in [0.15, 0.2) is 72.8 Å². The summed E-state index contributed by atoms with van der Waals surface area (Å²) in [5.74, 6) is 1.66. The van der Waals surface area contributed by atoms with Crippen molar-refractivity contribution in [3.8, 4) is 11.5 Å². The van der Waals surface area contributed by atoms with E-state index >= 15 is 0 Å². The van der Waals surface area contributed by atoms with Gasteiger partial charge in [-0.15, -0.1) is 12.4 Å². The molecule has 4 rings (SSSR count). The standard InChI is InChI=1S/C31H39NO2.ClH/c1-5-17-31(27-13-8-6-9-14-27,28-15-10-7-11-16-28)18-12-19-32-23-26-22-30(34-4)29(33-3)21-25(26)20-24(32)2;/h6-11,13-16,21-22,24H,5,12,17-20,23H2,1-4H3;1H. The Hall–Kier alpha value is -2.49. The van der Waals surface area contributed by atoms with Crippen LogP contribution >= 0.6 is 12.4 Å². The molecular formula is C31H40ClNO2. The number of hydrogen-bond donors (Lipinski definition) is 0. The number of rotatable bonds is 10. The van der Waals surface area contributed by atoms with Gasteiger partial charge in [0.1, 0.15) is 0 Å². The Morgan fingerprint density at radius 2 is 1.37 bits per heavy atom. The number of hydrogen-bond acceptors (Lipinski definition) is 3. The molecule has 0 amide bonds. The molecule has 3 aromatic carbocycles. The second-order valence-electron chi connectivity index (χ2n) is 9.67. The van der Waals surface area contributed by atoms with Crippen molar-refractivity contribution in [1.29, 1.82) is 0 Å². The Kier molecular flexibility index (Phi) is 9.65. The Labute approximate surface area is 217 Å². The third-order valence-electron chi connectivity index (χ3n) is 7.60. The van der Waals surface area contributed by atoms with Crippen molar-refractivity contribution in [2.75, 3.05) is 20.8 Å². The fourth-order valence-electron chi connectivity index (χ4n) is 5.82. The van der Waals surface area contributed by atoms with Gasteiger partial charge in [-0.2, -0.15) is 0 Å². The highest BCUT2D eigenvalue weighted by molar-refractivity contribution is 5.85. The average molecular weight is 494 g/mol. The van der Waals surface area contributed by atoms with Gasteiger partial charge in [0, 0.05) is 18.0 Å². The Morgan fingerprint density at radius 3 is 1.89 bits per heavy atom. The van der Waals surface area contributed by atoms with Crippen molar-refractivity contribution >= 4 is 12.4 Å². The van der Waals surface area contributed by atoms with E-state index in [1.54, 1.807) is 14.2 Å². The second kappa shape index (κ2) is 12.5. The minimum atomic E-state index is 0. The summed E-state index contributed by atoms with van der Waals surface area (Å²) < 4.78 is 11.1. The SMILES string of the molecule is CCCC(CCCN1Cc2cc(OC)c(OC)cc2CC1C)(c1ccccc1)c1ccccc1.Cl. The molecule has 1 atom stereocenters. The van der Waals surface area contributed by atoms with Crippen LogP contribution in [0.1, 0.15) is 61.8 Å². The molecule has 0 radical (unpaired) electrons. The second-order valence-corrected chi connectivity index (χ2v) is 9.67. The molecule has 4 heteroatoms. The van der Waals surface area contributed by atoms with Gasteiger partial charge in [-0.25, -0.2) is 0 Å². The zero-order valence-electron chi connectivity index (χ0n) is 21.6. The van der Waals surface area contributed by atoms with Gasteiger partial charge in [0.25, 0.3) is 0 Å². The van der Waals surface area contributed by atoms with Gasteiger partial charge in [0.2, 0.25) is 0 Å². The number of benzene rings is 3. The maximum absolute atomic E-state index is 5.57. The van der Waals surface area contributed by atoms with Crippen LogP contribution in [0.3, 0.4) is 0 Å². The molecule has 0 aromatic heterocycles. The monoisotopic (exact) mass is 493 g/mol. The lowest BCUT2D eigenvalue weighted by atomic mass is 9.68. The van der Waals surface area contributed by atoms with Crippen molar-refractivity contribution in [2.24, 2.45) is 0 Å². The lowest BCUT2D eigenvalue weighted by Gasteiger charge is -2.38. The fourth-order valence-corrected chi connectivity index (χ4v) is 5.82. The van der Waals surface area contributed by atoms with Crippen LogP contribution in [0, 0.1) is 0 Å². The summed E-state index contributed by atoms with van der Waals surface area (Å²) in [6.07, 6.45) is 5.69. The molecule has 1 heterocycles. The van der Waals surface area contributed by atoms with E-state index in [4.69, 9.17) is 9.47 Å². The fraction of sp³-hybridized carbons (Fsp3) is 0.419. The first-order valence-electron chi connectivity index (χ1n) is 12.7. The third-order valence-corrected chi connectivity index (χ3v) is 7.60. The summed E-state index contributed by atoms with van der Waals surface area (Å²) in [4.78, 5) is 2.64. The molecule has 1 unspecified atom stereocenters. The van der Waals surface area contributed by atoms with E-state index in [1.165, 1.54) is 28.7 Å². The molecule has 3 nitrogen and oxygen atoms in total. The molecule has 0 fully saturated rings. The minimum absolute atomic E-state index is 0. The number of nitrogens with zero attached hydrogens (tertiary/aromatic N) is 1. The number of methoxy groups -OCH3 is 2. The lowest BCUT2D eigenvalue weighted by Crippen LogP contribution is -2.39. The quantitative estimate of drug-likeness (QED) is 0.293. The lowest BCUT2D eigenvalue weighted by molar-refractivity contribution is 0.175. The van der Waals surface area contributed by atoms with Crippen LogP contribution in [-0.4, -0.2) is 31.7 Å². The molecule has 0 saturated carbocycles. The van der Waals surface area contributed by atoms with Gasteiger partial charge in [-0.3, -0.25) is 4.90 Å². The summed E-state index contributed by atoms with van der Waals surface area (Å²) in [5, 5.41) is 0. The first kappa shape index (κ1) is 27.1. The Bertz CT molecular complexity index is 1010. The molecule has 0 N–H and O–H groups in total. The van der Waals surface area contributed by atoms with Gasteiger partial charge >= 0.3 is 0 Å². The molecule has 1 aliphatic heterocycles. The van der Waals surface area contributed by atoms with E-state index in [-0.39, 0.29) is 17.8 Å². The zero-order valence-corrected chi connectivity index (χ0v) is 22.4. The average Bonchev–Trinajstić information content (AvgIpc) is 2.88. The summed E-state index contributed by atoms with van der Waals surface area (Å²) in [7, 11) is 3.43. The topological polar surface area (TPSA) is 21.7 Å². The Morgan fingerprint density at radius 1 is 0.829 bits per heavy atom. The van der Waals surface area contributed by atoms with E-state index in [0.717, 1.165) is 50.3 Å². The van der Waals surface area contributed by atoms with Gasteiger partial charge in [-0.05, 0) is 73.5 Å². The van der Waals surface area contributed by atoms with E-state index < -0.39 is 0 Å². The van der Waals surface area contributed by atoms with E-state index in [9.17, 15) is 0 Å². The first-order valence-corrected chi connectivity index (χ1v) is 12.7. The Balaban J connectivity index is 0.00000342. The smallest absolute Gasteiger partial charge is 0.161 e. The van der Waals surface area contributed by atoms with Crippen molar-refractivity contribution in [3.63, 3.8) is 0 Å². The largest absolute Gasteiger partial charge is 0.493 e. The minimum Gasteiger partial charge on any atom is -0.493 e.